The molecule has 25 heavy (non-hydrogen) atoms. The van der Waals surface area contributed by atoms with Gasteiger partial charge in [0.15, 0.2) is 5.82 Å². The van der Waals surface area contributed by atoms with Crippen molar-refractivity contribution in [1.29, 1.82) is 0 Å². The molecule has 2 unspecified atom stereocenters. The molecule has 0 aromatic carbocycles. The van der Waals surface area contributed by atoms with E-state index in [1.54, 1.807) is 0 Å². The standard InChI is InChI=1S/C17H29N5O.2ClH/c1-21(2)8-9-22-7-6-15(20-22)19-17(23)14-10-12-4-3-5-13(11-14)16(12)18;;/h6-7,12-14,16H,3-5,8-11,18H2,1-2H3,(H,19,20,23);2*1H. The monoisotopic (exact) mass is 391 g/mol. The van der Waals surface area contributed by atoms with Gasteiger partial charge in [0.05, 0.1) is 6.54 Å². The molecule has 6 nitrogen and oxygen atoms in total. The van der Waals surface area contributed by atoms with Crippen LogP contribution in [0, 0.1) is 17.8 Å². The van der Waals surface area contributed by atoms with Crippen LogP contribution >= 0.6 is 24.8 Å². The minimum absolute atomic E-state index is 0. The van der Waals surface area contributed by atoms with Gasteiger partial charge in [-0.1, -0.05) is 6.42 Å². The molecular weight excluding hydrogens is 361 g/mol. The topological polar surface area (TPSA) is 76.2 Å². The second kappa shape index (κ2) is 9.76. The van der Waals surface area contributed by atoms with E-state index in [0.29, 0.717) is 23.7 Å². The third-order valence-corrected chi connectivity index (χ3v) is 5.45. The van der Waals surface area contributed by atoms with Crippen LogP contribution in [0.15, 0.2) is 12.3 Å². The molecule has 0 saturated heterocycles. The quantitative estimate of drug-likeness (QED) is 0.807. The van der Waals surface area contributed by atoms with Crippen molar-refractivity contribution in [3.05, 3.63) is 12.3 Å². The Labute approximate surface area is 162 Å². The molecule has 2 aliphatic rings. The number of rotatable bonds is 5. The van der Waals surface area contributed by atoms with Gasteiger partial charge in [-0.2, -0.15) is 5.10 Å². The zero-order valence-corrected chi connectivity index (χ0v) is 16.7. The zero-order chi connectivity index (χ0) is 16.4. The van der Waals surface area contributed by atoms with Crippen molar-refractivity contribution in [2.45, 2.75) is 44.7 Å². The molecule has 2 bridgehead atoms. The van der Waals surface area contributed by atoms with Gasteiger partial charge in [-0.25, -0.2) is 0 Å². The van der Waals surface area contributed by atoms with E-state index in [1.165, 1.54) is 19.3 Å². The van der Waals surface area contributed by atoms with Crippen molar-refractivity contribution in [2.75, 3.05) is 26.0 Å². The first-order chi connectivity index (χ1) is 11.0. The summed E-state index contributed by atoms with van der Waals surface area (Å²) in [5.74, 6) is 1.92. The van der Waals surface area contributed by atoms with Crippen molar-refractivity contribution < 1.29 is 4.79 Å². The smallest absolute Gasteiger partial charge is 0.228 e. The van der Waals surface area contributed by atoms with Crippen molar-refractivity contribution in [3.8, 4) is 0 Å². The molecule has 1 amide bonds. The molecule has 1 heterocycles. The number of amides is 1. The van der Waals surface area contributed by atoms with Gasteiger partial charge < -0.3 is 16.0 Å². The summed E-state index contributed by atoms with van der Waals surface area (Å²) >= 11 is 0. The summed E-state index contributed by atoms with van der Waals surface area (Å²) < 4.78 is 1.88. The summed E-state index contributed by atoms with van der Waals surface area (Å²) in [6, 6.07) is 2.18. The maximum Gasteiger partial charge on any atom is 0.228 e. The molecule has 144 valence electrons. The lowest BCUT2D eigenvalue weighted by molar-refractivity contribution is -0.122. The molecule has 2 saturated carbocycles. The Morgan fingerprint density at radius 2 is 1.96 bits per heavy atom. The van der Waals surface area contributed by atoms with Crippen LogP contribution in [0.4, 0.5) is 5.82 Å². The van der Waals surface area contributed by atoms with Gasteiger partial charge in [0.1, 0.15) is 0 Å². The average molecular weight is 392 g/mol. The van der Waals surface area contributed by atoms with Crippen LogP contribution in [0.1, 0.15) is 32.1 Å². The first kappa shape index (κ1) is 22.2. The number of halogens is 2. The second-order valence-corrected chi connectivity index (χ2v) is 7.45. The Balaban J connectivity index is 0.00000156. The number of nitrogens with one attached hydrogen (secondary N) is 1. The van der Waals surface area contributed by atoms with Crippen LogP contribution in [-0.4, -0.2) is 47.3 Å². The first-order valence-electron chi connectivity index (χ1n) is 8.77. The van der Waals surface area contributed by atoms with E-state index in [4.69, 9.17) is 5.73 Å². The summed E-state index contributed by atoms with van der Waals surface area (Å²) in [5, 5.41) is 7.44. The highest BCUT2D eigenvalue weighted by Gasteiger charge is 2.40. The predicted molar refractivity (Wildman–Crippen MR) is 105 cm³/mol. The molecule has 2 fully saturated rings. The Kier molecular flexibility index (Phi) is 8.68. The predicted octanol–water partition coefficient (Wildman–Crippen LogP) is 2.38. The third-order valence-electron chi connectivity index (χ3n) is 5.45. The normalized spacial score (nSPS) is 28.0. The van der Waals surface area contributed by atoms with Crippen LogP contribution in [0.5, 0.6) is 0 Å². The van der Waals surface area contributed by atoms with Gasteiger partial charge in [-0.3, -0.25) is 9.48 Å². The lowest BCUT2D eigenvalue weighted by atomic mass is 9.65. The number of nitrogens with two attached hydrogens (primary N) is 1. The van der Waals surface area contributed by atoms with Gasteiger partial charge in [-0.15, -0.1) is 24.8 Å². The van der Waals surface area contributed by atoms with Crippen molar-refractivity contribution >= 4 is 36.5 Å². The Hall–Kier alpha value is -0.820. The molecule has 0 spiro atoms. The van der Waals surface area contributed by atoms with E-state index in [9.17, 15) is 4.79 Å². The summed E-state index contributed by atoms with van der Waals surface area (Å²) in [4.78, 5) is 14.7. The van der Waals surface area contributed by atoms with E-state index in [-0.39, 0.29) is 36.6 Å². The molecule has 0 aliphatic heterocycles. The SMILES string of the molecule is CN(C)CCn1ccc(NC(=O)C2CC3CCCC(C2)C3N)n1.Cl.Cl. The lowest BCUT2D eigenvalue weighted by Crippen LogP contribution is -2.48. The molecule has 3 N–H and O–H groups in total. The Morgan fingerprint density at radius 1 is 1.32 bits per heavy atom. The fraction of sp³-hybridized carbons (Fsp3) is 0.765. The van der Waals surface area contributed by atoms with Crippen molar-refractivity contribution in [2.24, 2.45) is 23.5 Å². The van der Waals surface area contributed by atoms with E-state index < -0.39 is 0 Å². The fourth-order valence-corrected chi connectivity index (χ4v) is 4.09. The van der Waals surface area contributed by atoms with Crippen molar-refractivity contribution in [3.63, 3.8) is 0 Å². The first-order valence-corrected chi connectivity index (χ1v) is 8.77. The Bertz CT molecular complexity index is 537. The van der Waals surface area contributed by atoms with Gasteiger partial charge >= 0.3 is 0 Å². The summed E-state index contributed by atoms with van der Waals surface area (Å²) in [7, 11) is 4.08. The van der Waals surface area contributed by atoms with Crippen LogP contribution in [-0.2, 0) is 11.3 Å². The van der Waals surface area contributed by atoms with Crippen molar-refractivity contribution in [1.82, 2.24) is 14.7 Å². The van der Waals surface area contributed by atoms with Crippen LogP contribution in [0.2, 0.25) is 0 Å². The summed E-state index contributed by atoms with van der Waals surface area (Å²) in [5.41, 5.74) is 6.31. The molecule has 2 atom stereocenters. The Morgan fingerprint density at radius 3 is 2.56 bits per heavy atom. The van der Waals surface area contributed by atoms with E-state index in [0.717, 1.165) is 25.9 Å². The number of carbonyl (C=O) groups is 1. The molecule has 0 radical (unpaired) electrons. The van der Waals surface area contributed by atoms with Gasteiger partial charge in [-0.05, 0) is 51.6 Å². The number of carbonyl (C=O) groups excluding carboxylic acids is 1. The van der Waals surface area contributed by atoms with Gasteiger partial charge in [0, 0.05) is 30.8 Å². The summed E-state index contributed by atoms with van der Waals surface area (Å²) in [6.45, 7) is 1.75. The molecule has 3 rings (SSSR count). The largest absolute Gasteiger partial charge is 0.327 e. The molecule has 8 heteroatoms. The van der Waals surface area contributed by atoms with Crippen LogP contribution in [0.25, 0.3) is 0 Å². The average Bonchev–Trinajstić information content (AvgIpc) is 2.92. The fourth-order valence-electron chi connectivity index (χ4n) is 4.09. The number of hydrogen-bond acceptors (Lipinski definition) is 4. The number of aromatic nitrogens is 2. The second-order valence-electron chi connectivity index (χ2n) is 7.45. The highest BCUT2D eigenvalue weighted by molar-refractivity contribution is 5.91. The number of fused-ring (bicyclic) bond motifs is 2. The summed E-state index contributed by atoms with van der Waals surface area (Å²) in [6.07, 6.45) is 7.43. The maximum absolute atomic E-state index is 12.6. The van der Waals surface area contributed by atoms with Gasteiger partial charge in [0.2, 0.25) is 5.91 Å². The van der Waals surface area contributed by atoms with E-state index in [1.807, 2.05) is 31.0 Å². The van der Waals surface area contributed by atoms with E-state index >= 15 is 0 Å². The molecular formula is C17H31Cl2N5O. The number of likely N-dealkylation sites (N-methyl/N-ethyl adjacent to an activating group) is 1. The number of anilines is 1. The third kappa shape index (κ3) is 5.58. The maximum atomic E-state index is 12.6. The molecule has 2 aliphatic carbocycles. The number of nitrogens with zero attached hydrogens (tertiary/aromatic N) is 3. The van der Waals surface area contributed by atoms with Crippen LogP contribution in [0.3, 0.4) is 0 Å². The molecule has 1 aromatic rings. The van der Waals surface area contributed by atoms with E-state index in [2.05, 4.69) is 15.3 Å². The highest BCUT2D eigenvalue weighted by Crippen LogP contribution is 2.42. The highest BCUT2D eigenvalue weighted by atomic mass is 35.5. The number of hydrogen-bond donors (Lipinski definition) is 2. The van der Waals surface area contributed by atoms with Gasteiger partial charge in [0.25, 0.3) is 0 Å². The minimum atomic E-state index is 0. The lowest BCUT2D eigenvalue weighted by Gasteiger charge is -2.43. The molecule has 1 aromatic heterocycles. The van der Waals surface area contributed by atoms with Crippen LogP contribution < -0.4 is 11.1 Å². The zero-order valence-electron chi connectivity index (χ0n) is 15.1. The minimum Gasteiger partial charge on any atom is -0.327 e.